The van der Waals surface area contributed by atoms with E-state index in [0.717, 1.165) is 25.6 Å². The zero-order valence-corrected chi connectivity index (χ0v) is 17.2. The van der Waals surface area contributed by atoms with E-state index >= 15 is 0 Å². The average molecular weight is 382 g/mol. The zero-order chi connectivity index (χ0) is 18.6. The number of hydrogen-bond acceptors (Lipinski definition) is 4. The van der Waals surface area contributed by atoms with Crippen molar-refractivity contribution in [3.8, 4) is 0 Å². The fourth-order valence-corrected chi connectivity index (χ4v) is 5.48. The first-order valence-corrected chi connectivity index (χ1v) is 11.1. The van der Waals surface area contributed by atoms with Crippen LogP contribution in [0.4, 0.5) is 11.4 Å². The van der Waals surface area contributed by atoms with Crippen LogP contribution in [0.15, 0.2) is 52.3 Å². The first-order valence-electron chi connectivity index (χ1n) is 10.3. The Morgan fingerprint density at radius 1 is 1.00 bits per heavy atom. The number of likely N-dealkylation sites (tertiary alicyclic amines) is 1. The lowest BCUT2D eigenvalue weighted by Crippen LogP contribution is -2.37. The maximum Gasteiger partial charge on any atom is 0.0555 e. The first kappa shape index (κ1) is 18.9. The largest absolute Gasteiger partial charge is 0.340 e. The first-order chi connectivity index (χ1) is 13.2. The third-order valence-corrected chi connectivity index (χ3v) is 7.06. The molecule has 27 heavy (non-hydrogen) atoms. The highest BCUT2D eigenvalue weighted by Crippen LogP contribution is 2.48. The van der Waals surface area contributed by atoms with Gasteiger partial charge in [-0.3, -0.25) is 0 Å². The molecule has 2 heterocycles. The van der Waals surface area contributed by atoms with Crippen LogP contribution in [-0.4, -0.2) is 37.6 Å². The number of nitrogens with two attached hydrogens (primary N) is 1. The Kier molecular flexibility index (Phi) is 6.06. The van der Waals surface area contributed by atoms with Crippen LogP contribution in [0, 0.1) is 12.8 Å². The summed E-state index contributed by atoms with van der Waals surface area (Å²) in [6.45, 7) is 7.61. The third-order valence-electron chi connectivity index (χ3n) is 5.93. The Labute approximate surface area is 167 Å². The summed E-state index contributed by atoms with van der Waals surface area (Å²) in [6.07, 6.45) is 5.27. The van der Waals surface area contributed by atoms with E-state index in [9.17, 15) is 0 Å². The monoisotopic (exact) mass is 381 g/mol. The summed E-state index contributed by atoms with van der Waals surface area (Å²) in [7, 11) is 0. The summed E-state index contributed by atoms with van der Waals surface area (Å²) < 4.78 is 0. The van der Waals surface area contributed by atoms with Crippen molar-refractivity contribution in [1.82, 2.24) is 4.90 Å². The molecule has 144 valence electrons. The van der Waals surface area contributed by atoms with Gasteiger partial charge in [-0.15, -0.1) is 0 Å². The molecule has 0 unspecified atom stereocenters. The third kappa shape index (κ3) is 4.34. The van der Waals surface area contributed by atoms with Crippen LogP contribution >= 0.6 is 11.8 Å². The molecule has 0 aromatic heterocycles. The standard InChI is InChI=1S/C23H31N3S/c1-18-8-9-23-21(17-18)26(20-6-2-3-7-22(20)27-23)13-4-5-19-10-14-25(15-11-19)16-12-24/h2-3,6-9,17,19H,4-5,10-16,24H2,1H3. The molecule has 0 radical (unpaired) electrons. The van der Waals surface area contributed by atoms with Crippen LogP contribution in [0.25, 0.3) is 0 Å². The smallest absolute Gasteiger partial charge is 0.0555 e. The lowest BCUT2D eigenvalue weighted by atomic mass is 9.92. The second kappa shape index (κ2) is 8.68. The molecule has 2 aromatic rings. The summed E-state index contributed by atoms with van der Waals surface area (Å²) >= 11 is 1.90. The minimum atomic E-state index is 0.788. The fraction of sp³-hybridized carbons (Fsp3) is 0.478. The molecule has 2 N–H and O–H groups in total. The maximum atomic E-state index is 5.70. The molecule has 1 fully saturated rings. The Balaban J connectivity index is 1.41. The van der Waals surface area contributed by atoms with E-state index in [0.29, 0.717) is 0 Å². The Bertz CT molecular complexity index is 768. The Morgan fingerprint density at radius 2 is 1.78 bits per heavy atom. The van der Waals surface area contributed by atoms with Gasteiger partial charge in [0, 0.05) is 29.4 Å². The molecule has 0 spiro atoms. The minimum absolute atomic E-state index is 0.788. The number of fused-ring (bicyclic) bond motifs is 2. The van der Waals surface area contributed by atoms with Gasteiger partial charge in [0.2, 0.25) is 0 Å². The molecule has 4 rings (SSSR count). The van der Waals surface area contributed by atoms with Crippen molar-refractivity contribution in [1.29, 1.82) is 0 Å². The van der Waals surface area contributed by atoms with Gasteiger partial charge in [0.1, 0.15) is 0 Å². The number of hydrogen-bond donors (Lipinski definition) is 1. The van der Waals surface area contributed by atoms with Gasteiger partial charge in [-0.2, -0.15) is 0 Å². The number of rotatable bonds is 6. The van der Waals surface area contributed by atoms with Gasteiger partial charge in [-0.05, 0) is 81.4 Å². The van der Waals surface area contributed by atoms with Crippen molar-refractivity contribution in [2.45, 2.75) is 42.4 Å². The van der Waals surface area contributed by atoms with Crippen LogP contribution < -0.4 is 10.6 Å². The molecule has 0 atom stereocenters. The number of piperidine rings is 1. The Morgan fingerprint density at radius 3 is 2.59 bits per heavy atom. The lowest BCUT2D eigenvalue weighted by Gasteiger charge is -2.34. The number of aryl methyl sites for hydroxylation is 1. The average Bonchev–Trinajstić information content (AvgIpc) is 2.69. The SMILES string of the molecule is Cc1ccc2c(c1)N(CCCC1CCN(CCN)CC1)c1ccccc1S2. The van der Waals surface area contributed by atoms with Gasteiger partial charge in [-0.25, -0.2) is 0 Å². The van der Waals surface area contributed by atoms with Crippen LogP contribution in [-0.2, 0) is 0 Å². The molecule has 0 bridgehead atoms. The van der Waals surface area contributed by atoms with Crippen LogP contribution in [0.5, 0.6) is 0 Å². The maximum absolute atomic E-state index is 5.70. The number of nitrogens with zero attached hydrogens (tertiary/aromatic N) is 2. The van der Waals surface area contributed by atoms with Crippen LogP contribution in [0.1, 0.15) is 31.2 Å². The molecule has 1 saturated heterocycles. The van der Waals surface area contributed by atoms with Crippen LogP contribution in [0.3, 0.4) is 0 Å². The lowest BCUT2D eigenvalue weighted by molar-refractivity contribution is 0.182. The number of benzene rings is 2. The normalized spacial score (nSPS) is 17.6. The van der Waals surface area contributed by atoms with E-state index in [1.807, 2.05) is 11.8 Å². The molecule has 4 heteroatoms. The van der Waals surface area contributed by atoms with E-state index in [1.165, 1.54) is 65.5 Å². The summed E-state index contributed by atoms with van der Waals surface area (Å²) in [4.78, 5) is 7.84. The Hall–Kier alpha value is -1.49. The number of para-hydroxylation sites is 1. The topological polar surface area (TPSA) is 32.5 Å². The van der Waals surface area contributed by atoms with E-state index < -0.39 is 0 Å². The highest BCUT2D eigenvalue weighted by atomic mass is 32.2. The van der Waals surface area contributed by atoms with Crippen molar-refractivity contribution in [3.63, 3.8) is 0 Å². The molecule has 0 amide bonds. The van der Waals surface area contributed by atoms with Crippen molar-refractivity contribution >= 4 is 23.1 Å². The van der Waals surface area contributed by atoms with Crippen LogP contribution in [0.2, 0.25) is 0 Å². The predicted octanol–water partition coefficient (Wildman–Crippen LogP) is 5.05. The molecule has 0 aliphatic carbocycles. The van der Waals surface area contributed by atoms with Gasteiger partial charge in [0.25, 0.3) is 0 Å². The molecule has 0 saturated carbocycles. The zero-order valence-electron chi connectivity index (χ0n) is 16.4. The second-order valence-electron chi connectivity index (χ2n) is 7.91. The van der Waals surface area contributed by atoms with Crippen molar-refractivity contribution < 1.29 is 0 Å². The van der Waals surface area contributed by atoms with Gasteiger partial charge in [0.15, 0.2) is 0 Å². The van der Waals surface area contributed by atoms with Crippen molar-refractivity contribution in [3.05, 3.63) is 48.0 Å². The highest BCUT2D eigenvalue weighted by molar-refractivity contribution is 7.99. The van der Waals surface area contributed by atoms with E-state index in [-0.39, 0.29) is 0 Å². The highest BCUT2D eigenvalue weighted by Gasteiger charge is 2.24. The molecule has 2 aliphatic heterocycles. The van der Waals surface area contributed by atoms with Crippen molar-refractivity contribution in [2.75, 3.05) is 37.6 Å². The molecule has 3 nitrogen and oxygen atoms in total. The predicted molar refractivity (Wildman–Crippen MR) is 116 cm³/mol. The van der Waals surface area contributed by atoms with E-state index in [4.69, 9.17) is 5.73 Å². The van der Waals surface area contributed by atoms with Gasteiger partial charge in [0.05, 0.1) is 11.4 Å². The number of anilines is 2. The van der Waals surface area contributed by atoms with E-state index in [2.05, 4.69) is 59.2 Å². The summed E-state index contributed by atoms with van der Waals surface area (Å²) in [5.74, 6) is 0.880. The quantitative estimate of drug-likeness (QED) is 0.759. The molecular formula is C23H31N3S. The minimum Gasteiger partial charge on any atom is -0.340 e. The molecule has 2 aliphatic rings. The summed E-state index contributed by atoms with van der Waals surface area (Å²) in [6, 6.07) is 15.7. The van der Waals surface area contributed by atoms with Crippen molar-refractivity contribution in [2.24, 2.45) is 11.7 Å². The van der Waals surface area contributed by atoms with Gasteiger partial charge < -0.3 is 15.5 Å². The van der Waals surface area contributed by atoms with E-state index in [1.54, 1.807) is 0 Å². The second-order valence-corrected chi connectivity index (χ2v) is 8.99. The summed E-state index contributed by atoms with van der Waals surface area (Å²) in [5, 5.41) is 0. The van der Waals surface area contributed by atoms with Gasteiger partial charge in [-0.1, -0.05) is 30.0 Å². The summed E-state index contributed by atoms with van der Waals surface area (Å²) in [5.41, 5.74) is 9.79. The van der Waals surface area contributed by atoms with Gasteiger partial charge >= 0.3 is 0 Å². The molecule has 2 aromatic carbocycles. The molecular weight excluding hydrogens is 350 g/mol. The fourth-order valence-electron chi connectivity index (χ4n) is 4.40.